The second-order valence-electron chi connectivity index (χ2n) is 7.96. The van der Waals surface area contributed by atoms with Crippen LogP contribution >= 0.6 is 0 Å². The number of hydrogen-bond acceptors (Lipinski definition) is 5. The van der Waals surface area contributed by atoms with E-state index in [1.807, 2.05) is 0 Å². The molecule has 1 fully saturated rings. The Morgan fingerprint density at radius 1 is 1.14 bits per heavy atom. The van der Waals surface area contributed by atoms with Crippen molar-refractivity contribution in [1.29, 1.82) is 0 Å². The number of likely N-dealkylation sites (tertiary alicyclic amines) is 1. The van der Waals surface area contributed by atoms with Crippen LogP contribution in [0.5, 0.6) is 0 Å². The molecule has 0 aliphatic carbocycles. The molecule has 0 spiro atoms. The number of nitrogens with one attached hydrogen (secondary N) is 2. The third-order valence-electron chi connectivity index (χ3n) is 5.17. The zero-order valence-corrected chi connectivity index (χ0v) is 17.9. The molecule has 0 atom stereocenters. The van der Waals surface area contributed by atoms with E-state index in [1.54, 1.807) is 7.05 Å². The topological polar surface area (TPSA) is 78.6 Å². The molecule has 2 heterocycles. The molecule has 2 aromatic rings. The molecule has 0 saturated carbocycles. The zero-order valence-electron chi connectivity index (χ0n) is 17.9. The summed E-state index contributed by atoms with van der Waals surface area (Å²) < 4.78 is 5.28. The fourth-order valence-corrected chi connectivity index (χ4v) is 3.42. The molecule has 0 radical (unpaired) electrons. The summed E-state index contributed by atoms with van der Waals surface area (Å²) in [4.78, 5) is 11.2. The molecule has 1 aromatic carbocycles. The van der Waals surface area contributed by atoms with Gasteiger partial charge in [-0.05, 0) is 43.5 Å². The molecule has 2 N–H and O–H groups in total. The minimum absolute atomic E-state index is 0.294. The molecule has 0 amide bonds. The quantitative estimate of drug-likeness (QED) is 0.384. The highest BCUT2D eigenvalue weighted by Gasteiger charge is 2.11. The second-order valence-corrected chi connectivity index (χ2v) is 7.96. The third kappa shape index (κ3) is 6.85. The van der Waals surface area contributed by atoms with E-state index in [9.17, 15) is 0 Å². The van der Waals surface area contributed by atoms with E-state index in [0.717, 1.165) is 44.3 Å². The molecule has 158 valence electrons. The molecular formula is C22H34N6O. The lowest BCUT2D eigenvalue weighted by Gasteiger charge is -2.15. The van der Waals surface area contributed by atoms with Crippen LogP contribution in [0.1, 0.15) is 61.9 Å². The Morgan fingerprint density at radius 2 is 1.86 bits per heavy atom. The fraction of sp³-hybridized carbons (Fsp3) is 0.591. The van der Waals surface area contributed by atoms with Gasteiger partial charge in [-0.25, -0.2) is 0 Å². The largest absolute Gasteiger partial charge is 0.356 e. The van der Waals surface area contributed by atoms with Crippen molar-refractivity contribution in [2.24, 2.45) is 4.99 Å². The molecule has 29 heavy (non-hydrogen) atoms. The molecule has 1 aromatic heterocycles. The number of aryl methyl sites for hydroxylation is 1. The molecule has 1 aliphatic rings. The maximum atomic E-state index is 5.28. The van der Waals surface area contributed by atoms with E-state index < -0.39 is 0 Å². The number of guanidine groups is 1. The Hall–Kier alpha value is -2.41. The Labute approximate surface area is 174 Å². The molecular weight excluding hydrogens is 364 g/mol. The normalized spacial score (nSPS) is 15.2. The van der Waals surface area contributed by atoms with Gasteiger partial charge in [-0.3, -0.25) is 9.89 Å². The summed E-state index contributed by atoms with van der Waals surface area (Å²) >= 11 is 0. The highest BCUT2D eigenvalue weighted by atomic mass is 16.5. The van der Waals surface area contributed by atoms with Crippen LogP contribution in [0.2, 0.25) is 0 Å². The average Bonchev–Trinajstić information content (AvgIpc) is 3.41. The molecule has 0 bridgehead atoms. The summed E-state index contributed by atoms with van der Waals surface area (Å²) in [5, 5.41) is 10.7. The van der Waals surface area contributed by atoms with Gasteiger partial charge in [-0.1, -0.05) is 43.3 Å². The second kappa shape index (κ2) is 11.0. The van der Waals surface area contributed by atoms with Crippen molar-refractivity contribution in [2.75, 3.05) is 26.7 Å². The summed E-state index contributed by atoms with van der Waals surface area (Å²) in [6.07, 6.45) is 4.35. The van der Waals surface area contributed by atoms with Crippen LogP contribution < -0.4 is 10.6 Å². The van der Waals surface area contributed by atoms with E-state index in [4.69, 9.17) is 4.52 Å². The monoisotopic (exact) mass is 398 g/mol. The molecule has 0 unspecified atom stereocenters. The van der Waals surface area contributed by atoms with E-state index >= 15 is 0 Å². The first-order valence-electron chi connectivity index (χ1n) is 10.7. The van der Waals surface area contributed by atoms with E-state index in [1.165, 1.54) is 37.1 Å². The van der Waals surface area contributed by atoms with Crippen molar-refractivity contribution in [3.05, 3.63) is 47.1 Å². The first-order valence-corrected chi connectivity index (χ1v) is 10.7. The van der Waals surface area contributed by atoms with Gasteiger partial charge in [0, 0.05) is 39.0 Å². The van der Waals surface area contributed by atoms with Crippen LogP contribution in [0.15, 0.2) is 33.8 Å². The lowest BCUT2D eigenvalue weighted by atomic mass is 10.1. The van der Waals surface area contributed by atoms with Crippen molar-refractivity contribution >= 4 is 5.96 Å². The van der Waals surface area contributed by atoms with Gasteiger partial charge < -0.3 is 15.2 Å². The third-order valence-corrected chi connectivity index (χ3v) is 5.17. The maximum absolute atomic E-state index is 5.28. The number of aromatic nitrogens is 2. The first kappa shape index (κ1) is 21.3. The zero-order chi connectivity index (χ0) is 20.5. The summed E-state index contributed by atoms with van der Waals surface area (Å²) in [6.45, 7) is 9.21. The van der Waals surface area contributed by atoms with Gasteiger partial charge in [0.2, 0.25) is 5.89 Å². The van der Waals surface area contributed by atoms with Crippen LogP contribution in [0.4, 0.5) is 0 Å². The lowest BCUT2D eigenvalue weighted by Crippen LogP contribution is -2.37. The predicted octanol–water partition coefficient (Wildman–Crippen LogP) is 3.09. The number of aliphatic imine (C=N–C) groups is 1. The van der Waals surface area contributed by atoms with Crippen LogP contribution in [0, 0.1) is 0 Å². The SMILES string of the molecule is CN=C(NCCCc1nc(C(C)C)no1)NCc1ccc(CN2CCCC2)cc1. The smallest absolute Gasteiger partial charge is 0.226 e. The Kier molecular flexibility index (Phi) is 8.04. The standard InChI is InChI=1S/C22H34N6O/c1-17(2)21-26-20(29-27-21)7-6-12-24-22(23-3)25-15-18-8-10-19(11-9-18)16-28-13-4-5-14-28/h8-11,17H,4-7,12-16H2,1-3H3,(H2,23,24,25). The molecule has 3 rings (SSSR count). The van der Waals surface area contributed by atoms with Gasteiger partial charge in [0.15, 0.2) is 11.8 Å². The van der Waals surface area contributed by atoms with Gasteiger partial charge in [0.25, 0.3) is 0 Å². The molecule has 7 nitrogen and oxygen atoms in total. The van der Waals surface area contributed by atoms with Crippen LogP contribution in [0.3, 0.4) is 0 Å². The minimum Gasteiger partial charge on any atom is -0.356 e. The van der Waals surface area contributed by atoms with Crippen LogP contribution in [-0.2, 0) is 19.5 Å². The van der Waals surface area contributed by atoms with Gasteiger partial charge in [0.05, 0.1) is 0 Å². The number of hydrogen-bond donors (Lipinski definition) is 2. The van der Waals surface area contributed by atoms with Crippen molar-refractivity contribution < 1.29 is 4.52 Å². The van der Waals surface area contributed by atoms with Gasteiger partial charge in [0.1, 0.15) is 0 Å². The number of benzene rings is 1. The Balaban J connectivity index is 1.35. The summed E-state index contributed by atoms with van der Waals surface area (Å²) in [5.74, 6) is 2.58. The molecule has 1 aliphatic heterocycles. The Morgan fingerprint density at radius 3 is 2.52 bits per heavy atom. The van der Waals surface area contributed by atoms with Crippen LogP contribution in [0.25, 0.3) is 0 Å². The predicted molar refractivity (Wildman–Crippen MR) is 116 cm³/mol. The maximum Gasteiger partial charge on any atom is 0.226 e. The number of rotatable bonds is 9. The van der Waals surface area contributed by atoms with E-state index in [-0.39, 0.29) is 0 Å². The molecule has 1 saturated heterocycles. The van der Waals surface area contributed by atoms with Crippen molar-refractivity contribution in [2.45, 2.75) is 58.5 Å². The highest BCUT2D eigenvalue weighted by Crippen LogP contribution is 2.13. The number of nitrogens with zero attached hydrogens (tertiary/aromatic N) is 4. The fourth-order valence-electron chi connectivity index (χ4n) is 3.42. The Bertz CT molecular complexity index is 762. The first-order chi connectivity index (χ1) is 14.1. The minimum atomic E-state index is 0.294. The van der Waals surface area contributed by atoms with Gasteiger partial charge in [-0.15, -0.1) is 0 Å². The molecule has 7 heteroatoms. The van der Waals surface area contributed by atoms with Gasteiger partial charge >= 0.3 is 0 Å². The van der Waals surface area contributed by atoms with E-state index in [2.05, 4.69) is 68.8 Å². The summed E-state index contributed by atoms with van der Waals surface area (Å²) in [5.41, 5.74) is 2.64. The van der Waals surface area contributed by atoms with Crippen molar-refractivity contribution in [3.8, 4) is 0 Å². The van der Waals surface area contributed by atoms with Crippen molar-refractivity contribution in [1.82, 2.24) is 25.7 Å². The average molecular weight is 399 g/mol. The summed E-state index contributed by atoms with van der Waals surface area (Å²) in [6, 6.07) is 8.88. The van der Waals surface area contributed by atoms with Crippen molar-refractivity contribution in [3.63, 3.8) is 0 Å². The van der Waals surface area contributed by atoms with Crippen LogP contribution in [-0.4, -0.2) is 47.7 Å². The summed E-state index contributed by atoms with van der Waals surface area (Å²) in [7, 11) is 1.79. The van der Waals surface area contributed by atoms with Gasteiger partial charge in [-0.2, -0.15) is 4.98 Å². The lowest BCUT2D eigenvalue weighted by molar-refractivity contribution is 0.331. The highest BCUT2D eigenvalue weighted by molar-refractivity contribution is 5.79. The van der Waals surface area contributed by atoms with E-state index in [0.29, 0.717) is 11.8 Å².